The van der Waals surface area contributed by atoms with Gasteiger partial charge in [-0.25, -0.2) is 4.57 Å². The van der Waals surface area contributed by atoms with Crippen LogP contribution in [0.2, 0.25) is 0 Å². The Hall–Kier alpha value is -1.77. The molecule has 0 saturated carbocycles. The van der Waals surface area contributed by atoms with Crippen LogP contribution in [0.4, 0.5) is 0 Å². The van der Waals surface area contributed by atoms with Crippen molar-refractivity contribution >= 4 is 19.8 Å². The summed E-state index contributed by atoms with van der Waals surface area (Å²) in [4.78, 5) is 42.8. The van der Waals surface area contributed by atoms with E-state index in [0.717, 1.165) is 57.3 Å². The number of carbonyl (C=O) groups is 2. The molecule has 53 heavy (non-hydrogen) atoms. The van der Waals surface area contributed by atoms with Crippen molar-refractivity contribution in [2.24, 2.45) is 5.92 Å². The maximum absolute atomic E-state index is 12.4. The molecule has 0 saturated heterocycles. The third-order valence-corrected chi connectivity index (χ3v) is 9.67. The Labute approximate surface area is 324 Å². The molecule has 0 bridgehead atoms. The summed E-state index contributed by atoms with van der Waals surface area (Å²) in [6, 6.07) is 0. The number of hydrogen-bond acceptors (Lipinski definition) is 7. The number of phosphoric acid groups is 1. The van der Waals surface area contributed by atoms with E-state index in [1.165, 1.54) is 89.9 Å². The van der Waals surface area contributed by atoms with E-state index in [9.17, 15) is 19.3 Å². The molecule has 10 heteroatoms. The van der Waals surface area contributed by atoms with E-state index in [4.69, 9.17) is 19.3 Å². The number of hydrogen-bond donors (Lipinski definition) is 3. The summed E-state index contributed by atoms with van der Waals surface area (Å²) < 4.78 is 26.4. The van der Waals surface area contributed by atoms with Gasteiger partial charge in [-0.1, -0.05) is 179 Å². The highest BCUT2D eigenvalue weighted by Crippen LogP contribution is 2.36. The van der Waals surface area contributed by atoms with Gasteiger partial charge in [0.25, 0.3) is 0 Å². The highest BCUT2D eigenvalue weighted by molar-refractivity contribution is 7.46. The molecular formula is C43H79O9P. The zero-order valence-electron chi connectivity index (χ0n) is 33.9. The number of aliphatic hydroxyl groups excluding tert-OH is 1. The van der Waals surface area contributed by atoms with Crippen LogP contribution >= 0.6 is 7.82 Å². The van der Waals surface area contributed by atoms with E-state index in [1.807, 2.05) is 24.3 Å². The monoisotopic (exact) mass is 771 g/mol. The molecule has 310 valence electrons. The van der Waals surface area contributed by atoms with Crippen LogP contribution in [0.15, 0.2) is 36.5 Å². The first kappa shape index (κ1) is 51.2. The zero-order valence-corrected chi connectivity index (χ0v) is 34.8. The maximum atomic E-state index is 12.4. The van der Waals surface area contributed by atoms with Crippen molar-refractivity contribution in [2.75, 3.05) is 13.2 Å². The molecule has 0 rings (SSSR count). The van der Waals surface area contributed by atoms with E-state index in [-0.39, 0.29) is 19.4 Å². The highest BCUT2D eigenvalue weighted by Gasteiger charge is 2.23. The summed E-state index contributed by atoms with van der Waals surface area (Å²) in [7, 11) is -4.77. The van der Waals surface area contributed by atoms with E-state index < -0.39 is 38.6 Å². The second kappa shape index (κ2) is 37.2. The summed E-state index contributed by atoms with van der Waals surface area (Å²) >= 11 is 0. The number of phosphoric ester groups is 1. The number of ether oxygens (including phenoxy) is 2. The molecule has 9 nitrogen and oxygen atoms in total. The summed E-state index contributed by atoms with van der Waals surface area (Å²) in [5.41, 5.74) is 0. The fourth-order valence-electron chi connectivity index (χ4n) is 6.01. The van der Waals surface area contributed by atoms with Crippen molar-refractivity contribution in [2.45, 2.75) is 206 Å². The van der Waals surface area contributed by atoms with E-state index in [1.54, 1.807) is 6.08 Å². The molecule has 0 radical (unpaired) electrons. The number of carbonyl (C=O) groups excluding carboxylic acids is 2. The van der Waals surface area contributed by atoms with Crippen LogP contribution in [0.1, 0.15) is 194 Å². The van der Waals surface area contributed by atoms with Crippen LogP contribution in [0, 0.1) is 5.92 Å². The average molecular weight is 771 g/mol. The minimum absolute atomic E-state index is 0.166. The third kappa shape index (κ3) is 41.2. The molecule has 0 fully saturated rings. The van der Waals surface area contributed by atoms with Crippen LogP contribution in [0.3, 0.4) is 0 Å². The highest BCUT2D eigenvalue weighted by atomic mass is 31.2. The van der Waals surface area contributed by atoms with Crippen molar-refractivity contribution in [3.63, 3.8) is 0 Å². The Morgan fingerprint density at radius 2 is 1.11 bits per heavy atom. The predicted molar refractivity (Wildman–Crippen MR) is 217 cm³/mol. The Kier molecular flexibility index (Phi) is 35.9. The second-order valence-electron chi connectivity index (χ2n) is 15.0. The largest absolute Gasteiger partial charge is 0.469 e. The lowest BCUT2D eigenvalue weighted by atomic mass is 10.0. The lowest BCUT2D eigenvalue weighted by molar-refractivity contribution is -0.161. The molecule has 0 aliphatic rings. The van der Waals surface area contributed by atoms with Gasteiger partial charge in [0.1, 0.15) is 6.61 Å². The van der Waals surface area contributed by atoms with Crippen molar-refractivity contribution in [1.82, 2.24) is 0 Å². The third-order valence-electron chi connectivity index (χ3n) is 9.18. The van der Waals surface area contributed by atoms with Crippen LogP contribution in [-0.4, -0.2) is 52.3 Å². The average Bonchev–Trinajstić information content (AvgIpc) is 3.10. The van der Waals surface area contributed by atoms with Crippen LogP contribution in [0.25, 0.3) is 0 Å². The first-order chi connectivity index (χ1) is 25.5. The van der Waals surface area contributed by atoms with Crippen molar-refractivity contribution in [3.8, 4) is 0 Å². The molecule has 1 unspecified atom stereocenters. The number of rotatable bonds is 38. The summed E-state index contributed by atoms with van der Waals surface area (Å²) in [5.74, 6) is -0.0955. The van der Waals surface area contributed by atoms with Crippen LogP contribution in [0.5, 0.6) is 0 Å². The van der Waals surface area contributed by atoms with Crippen LogP contribution in [-0.2, 0) is 28.2 Å². The molecule has 0 aromatic carbocycles. The van der Waals surface area contributed by atoms with Gasteiger partial charge in [0.15, 0.2) is 6.10 Å². The van der Waals surface area contributed by atoms with Gasteiger partial charge in [0.2, 0.25) is 0 Å². The maximum Gasteiger partial charge on any atom is 0.469 e. The van der Waals surface area contributed by atoms with Gasteiger partial charge in [-0.05, 0) is 44.4 Å². The lowest BCUT2D eigenvalue weighted by Crippen LogP contribution is -2.29. The topological polar surface area (TPSA) is 140 Å². The molecule has 2 atom stereocenters. The quantitative estimate of drug-likeness (QED) is 0.0184. The standard InChI is InChI=1S/C43H79O9P/c1-4-5-27-33-40(44)34-29-24-20-16-14-18-22-26-31-36-43(46)52-41(38-51-53(47,48)49)37-50-42(45)35-30-25-21-17-13-11-9-7-6-8-10-12-15-19-23-28-32-39(2)3/h5,20,24,27,29,34,39-41,44H,4,6-19,21-23,25-26,28,30-33,35-38H2,1-3H3,(H2,47,48,49)/b24-20+,27-5+,34-29+/t40?,41-/m1/s1. The van der Waals surface area contributed by atoms with Gasteiger partial charge in [-0.15, -0.1) is 0 Å². The van der Waals surface area contributed by atoms with Gasteiger partial charge in [-0.2, -0.15) is 0 Å². The molecule has 0 aliphatic heterocycles. The first-order valence-corrected chi connectivity index (χ1v) is 22.8. The number of unbranched alkanes of at least 4 members (excludes halogenated alkanes) is 20. The van der Waals surface area contributed by atoms with Gasteiger partial charge in [0, 0.05) is 12.8 Å². The fourth-order valence-corrected chi connectivity index (χ4v) is 6.37. The van der Waals surface area contributed by atoms with E-state index >= 15 is 0 Å². The molecule has 0 aliphatic carbocycles. The molecule has 0 aromatic heterocycles. The minimum atomic E-state index is -4.77. The molecule has 0 aromatic rings. The number of allylic oxidation sites excluding steroid dienone is 4. The Morgan fingerprint density at radius 3 is 1.62 bits per heavy atom. The first-order valence-electron chi connectivity index (χ1n) is 21.2. The van der Waals surface area contributed by atoms with Crippen molar-refractivity contribution < 1.29 is 43.0 Å². The minimum Gasteiger partial charge on any atom is -0.462 e. The second-order valence-corrected chi connectivity index (χ2v) is 16.2. The Balaban J connectivity index is 3.94. The van der Waals surface area contributed by atoms with Gasteiger partial charge in [0.05, 0.1) is 12.7 Å². The van der Waals surface area contributed by atoms with E-state index in [0.29, 0.717) is 19.3 Å². The summed E-state index contributed by atoms with van der Waals surface area (Å²) in [6.07, 6.45) is 39.1. The fraction of sp³-hybridized carbons (Fsp3) is 0.814. The Bertz CT molecular complexity index is 988. The smallest absolute Gasteiger partial charge is 0.462 e. The summed E-state index contributed by atoms with van der Waals surface area (Å²) in [5, 5.41) is 9.84. The van der Waals surface area contributed by atoms with Crippen molar-refractivity contribution in [1.29, 1.82) is 0 Å². The van der Waals surface area contributed by atoms with Crippen LogP contribution < -0.4 is 0 Å². The Morgan fingerprint density at radius 1 is 0.623 bits per heavy atom. The summed E-state index contributed by atoms with van der Waals surface area (Å²) in [6.45, 7) is 5.81. The molecule has 0 spiro atoms. The zero-order chi connectivity index (χ0) is 39.3. The SMILES string of the molecule is CC/C=C/CC(O)/C=C/C=C/CCCCCCCC(=O)O[C@H](COC(=O)CCCCCCCCCCCCCCCCCCC(C)C)COP(=O)(O)O. The lowest BCUT2D eigenvalue weighted by Gasteiger charge is -2.18. The van der Waals surface area contributed by atoms with Gasteiger partial charge in [-0.3, -0.25) is 14.1 Å². The van der Waals surface area contributed by atoms with E-state index in [2.05, 4.69) is 31.4 Å². The van der Waals surface area contributed by atoms with Gasteiger partial charge < -0.3 is 24.4 Å². The number of aliphatic hydroxyl groups is 1. The molecule has 3 N–H and O–H groups in total. The molecule has 0 heterocycles. The normalized spacial score (nSPS) is 13.5. The molecular weight excluding hydrogens is 691 g/mol. The molecule has 0 amide bonds. The van der Waals surface area contributed by atoms with Crippen molar-refractivity contribution in [3.05, 3.63) is 36.5 Å². The van der Waals surface area contributed by atoms with Gasteiger partial charge >= 0.3 is 19.8 Å². The number of esters is 2. The predicted octanol–water partition coefficient (Wildman–Crippen LogP) is 11.8.